The number of thiazole rings is 1. The summed E-state index contributed by atoms with van der Waals surface area (Å²) in [4.78, 5) is 30.1. The van der Waals surface area contributed by atoms with Crippen LogP contribution < -0.4 is 0 Å². The van der Waals surface area contributed by atoms with E-state index in [0.717, 1.165) is 21.3 Å². The lowest BCUT2D eigenvalue weighted by Gasteiger charge is -2.13. The number of esters is 1. The highest BCUT2D eigenvalue weighted by Gasteiger charge is 2.19. The number of carbonyl (C=O) groups excluding carboxylic acids is 2. The van der Waals surface area contributed by atoms with E-state index in [0.29, 0.717) is 11.3 Å². The number of carbonyl (C=O) groups is 2. The van der Waals surface area contributed by atoms with Crippen molar-refractivity contribution in [2.24, 2.45) is 0 Å². The van der Waals surface area contributed by atoms with Crippen molar-refractivity contribution in [3.8, 4) is 9.88 Å². The summed E-state index contributed by atoms with van der Waals surface area (Å²) in [7, 11) is 0. The predicted molar refractivity (Wildman–Crippen MR) is 109 cm³/mol. The molecule has 0 atom stereocenters. The molecule has 3 aromatic heterocycles. The molecule has 0 radical (unpaired) electrons. The van der Waals surface area contributed by atoms with E-state index in [9.17, 15) is 9.59 Å². The number of aromatic nitrogens is 2. The molecule has 0 N–H and O–H groups in total. The summed E-state index contributed by atoms with van der Waals surface area (Å²) in [6.45, 7) is 7.80. The number of ether oxygens (including phenoxy) is 1. The summed E-state index contributed by atoms with van der Waals surface area (Å²) in [5, 5.41) is 4.74. The molecule has 0 aliphatic heterocycles. The topological polar surface area (TPSA) is 61.2 Å². The van der Waals surface area contributed by atoms with Crippen LogP contribution in [0.1, 0.15) is 47.3 Å². The minimum Gasteiger partial charge on any atom is -0.457 e. The first-order valence-electron chi connectivity index (χ1n) is 8.72. The average molecular weight is 403 g/mol. The molecule has 0 fully saturated rings. The summed E-state index contributed by atoms with van der Waals surface area (Å²) in [5.41, 5.74) is 3.21. The number of hydrogen-bond donors (Lipinski definition) is 0. The van der Waals surface area contributed by atoms with Crippen molar-refractivity contribution < 1.29 is 14.3 Å². The third kappa shape index (κ3) is 4.36. The lowest BCUT2D eigenvalue weighted by atomic mass is 10.1. The van der Waals surface area contributed by atoms with Crippen LogP contribution in [0.25, 0.3) is 9.88 Å². The van der Waals surface area contributed by atoms with Crippen LogP contribution in [0.4, 0.5) is 0 Å². The third-order valence-electron chi connectivity index (χ3n) is 4.27. The zero-order chi connectivity index (χ0) is 19.6. The van der Waals surface area contributed by atoms with Gasteiger partial charge in [0.05, 0.1) is 17.0 Å². The number of nitrogens with zero attached hydrogens (tertiary/aromatic N) is 2. The fraction of sp³-hybridized carbons (Fsp3) is 0.350. The fourth-order valence-electron chi connectivity index (χ4n) is 3.18. The Morgan fingerprint density at radius 3 is 2.67 bits per heavy atom. The highest BCUT2D eigenvalue weighted by atomic mass is 32.1. The molecule has 27 heavy (non-hydrogen) atoms. The molecule has 5 nitrogen and oxygen atoms in total. The predicted octanol–water partition coefficient (Wildman–Crippen LogP) is 4.84. The highest BCUT2D eigenvalue weighted by molar-refractivity contribution is 7.20. The molecule has 0 spiro atoms. The molecule has 0 aromatic carbocycles. The van der Waals surface area contributed by atoms with Crippen molar-refractivity contribution in [3.63, 3.8) is 0 Å². The molecule has 3 rings (SSSR count). The van der Waals surface area contributed by atoms with Gasteiger partial charge < -0.3 is 9.30 Å². The molecule has 142 valence electrons. The second-order valence-electron chi connectivity index (χ2n) is 6.63. The molecule has 0 amide bonds. The van der Waals surface area contributed by atoms with Gasteiger partial charge in [0.15, 0.2) is 6.61 Å². The quantitative estimate of drug-likeness (QED) is 0.419. The van der Waals surface area contributed by atoms with Gasteiger partial charge in [-0.1, -0.05) is 6.07 Å². The van der Waals surface area contributed by atoms with E-state index in [2.05, 4.69) is 23.4 Å². The third-order valence-corrected chi connectivity index (χ3v) is 6.20. The molecule has 0 saturated heterocycles. The maximum atomic E-state index is 12.5. The zero-order valence-corrected chi connectivity index (χ0v) is 17.4. The molecule has 0 aliphatic rings. The minimum absolute atomic E-state index is 0.0696. The summed E-state index contributed by atoms with van der Waals surface area (Å²) >= 11 is 3.11. The molecule has 0 saturated carbocycles. The van der Waals surface area contributed by atoms with Crippen molar-refractivity contribution in [3.05, 3.63) is 51.6 Å². The minimum atomic E-state index is -0.441. The van der Waals surface area contributed by atoms with Gasteiger partial charge in [0, 0.05) is 28.4 Å². The van der Waals surface area contributed by atoms with Crippen LogP contribution in [0.2, 0.25) is 0 Å². The van der Waals surface area contributed by atoms with Crippen LogP contribution in [0.5, 0.6) is 0 Å². The Hall–Kier alpha value is -2.25. The van der Waals surface area contributed by atoms with Crippen LogP contribution in [-0.4, -0.2) is 27.9 Å². The number of aryl methyl sites for hydroxylation is 1. The zero-order valence-electron chi connectivity index (χ0n) is 15.8. The van der Waals surface area contributed by atoms with Crippen LogP contribution in [0.3, 0.4) is 0 Å². The van der Waals surface area contributed by atoms with Gasteiger partial charge in [-0.15, -0.1) is 22.7 Å². The van der Waals surface area contributed by atoms with Crippen LogP contribution in [-0.2, 0) is 16.0 Å². The van der Waals surface area contributed by atoms with Gasteiger partial charge in [0.2, 0.25) is 5.78 Å². The second kappa shape index (κ2) is 8.19. The summed E-state index contributed by atoms with van der Waals surface area (Å²) < 4.78 is 7.30. The van der Waals surface area contributed by atoms with E-state index in [1.165, 1.54) is 11.3 Å². The van der Waals surface area contributed by atoms with Gasteiger partial charge in [0.25, 0.3) is 0 Å². The molecule has 0 unspecified atom stereocenters. The first kappa shape index (κ1) is 19.5. The first-order valence-corrected chi connectivity index (χ1v) is 10.5. The van der Waals surface area contributed by atoms with Crippen molar-refractivity contribution >= 4 is 34.4 Å². The number of Topliss-reactive ketones (excluding diaryl/α,β-unsaturated/α-hetero) is 1. The summed E-state index contributed by atoms with van der Waals surface area (Å²) in [6.07, 6.45) is 0.0696. The Labute approximate surface area is 166 Å². The molecular weight excluding hydrogens is 380 g/mol. The van der Waals surface area contributed by atoms with E-state index in [-0.39, 0.29) is 24.9 Å². The highest BCUT2D eigenvalue weighted by Crippen LogP contribution is 2.28. The Morgan fingerprint density at radius 1 is 1.26 bits per heavy atom. The summed E-state index contributed by atoms with van der Waals surface area (Å²) in [6, 6.07) is 6.10. The molecule has 3 heterocycles. The Morgan fingerprint density at radius 2 is 2.04 bits per heavy atom. The van der Waals surface area contributed by atoms with E-state index < -0.39 is 5.97 Å². The summed E-state index contributed by atoms with van der Waals surface area (Å²) in [5.74, 6) is -0.620. The maximum Gasteiger partial charge on any atom is 0.312 e. The van der Waals surface area contributed by atoms with Gasteiger partial charge in [-0.25, -0.2) is 4.98 Å². The standard InChI is InChI=1S/C20H22N2O3S2/c1-12(2)22-13(3)8-16(14(22)4)17(23)10-25-19(24)9-15-11-27-20(21-15)18-6-5-7-26-18/h5-8,11-12H,9-10H2,1-4H3. The molecular formula is C20H22N2O3S2. The number of ketones is 1. The van der Waals surface area contributed by atoms with E-state index in [4.69, 9.17) is 4.74 Å². The lowest BCUT2D eigenvalue weighted by molar-refractivity contribution is -0.141. The van der Waals surface area contributed by atoms with E-state index in [1.54, 1.807) is 11.3 Å². The number of hydrogen-bond acceptors (Lipinski definition) is 6. The van der Waals surface area contributed by atoms with Crippen LogP contribution in [0.15, 0.2) is 29.0 Å². The Kier molecular flexibility index (Phi) is 5.92. The van der Waals surface area contributed by atoms with Crippen LogP contribution in [0, 0.1) is 13.8 Å². The number of rotatable bonds is 7. The lowest BCUT2D eigenvalue weighted by Crippen LogP contribution is -2.16. The number of thiophene rings is 1. The Balaban J connectivity index is 1.58. The van der Waals surface area contributed by atoms with Gasteiger partial charge in [-0.2, -0.15) is 0 Å². The average Bonchev–Trinajstić information content (AvgIpc) is 3.32. The monoisotopic (exact) mass is 402 g/mol. The van der Waals surface area contributed by atoms with Gasteiger partial charge >= 0.3 is 5.97 Å². The molecule has 3 aromatic rings. The van der Waals surface area contributed by atoms with Crippen LogP contribution >= 0.6 is 22.7 Å². The van der Waals surface area contributed by atoms with Gasteiger partial charge in [0.1, 0.15) is 5.01 Å². The van der Waals surface area contributed by atoms with Crippen molar-refractivity contribution in [2.45, 2.75) is 40.2 Å². The molecule has 7 heteroatoms. The molecule has 0 aliphatic carbocycles. The SMILES string of the molecule is Cc1cc(C(=O)COC(=O)Cc2csc(-c3cccs3)n2)c(C)n1C(C)C. The molecule has 0 bridgehead atoms. The second-order valence-corrected chi connectivity index (χ2v) is 8.44. The largest absolute Gasteiger partial charge is 0.457 e. The maximum absolute atomic E-state index is 12.5. The van der Waals surface area contributed by atoms with E-state index in [1.807, 2.05) is 42.8 Å². The van der Waals surface area contributed by atoms with Gasteiger partial charge in [-0.3, -0.25) is 9.59 Å². The van der Waals surface area contributed by atoms with Gasteiger partial charge in [-0.05, 0) is 45.2 Å². The van der Waals surface area contributed by atoms with Crippen molar-refractivity contribution in [1.82, 2.24) is 9.55 Å². The fourth-order valence-corrected chi connectivity index (χ4v) is 4.81. The Bertz CT molecular complexity index is 952. The normalized spacial score (nSPS) is 11.1. The van der Waals surface area contributed by atoms with Crippen molar-refractivity contribution in [1.29, 1.82) is 0 Å². The van der Waals surface area contributed by atoms with Crippen molar-refractivity contribution in [2.75, 3.05) is 6.61 Å². The smallest absolute Gasteiger partial charge is 0.312 e. The first-order chi connectivity index (χ1) is 12.9. The van der Waals surface area contributed by atoms with E-state index >= 15 is 0 Å².